The van der Waals surface area contributed by atoms with Crippen LogP contribution >= 0.6 is 0 Å². The zero-order valence-electron chi connectivity index (χ0n) is 7.45. The second-order valence-corrected chi connectivity index (χ2v) is 3.45. The van der Waals surface area contributed by atoms with Crippen LogP contribution in [0.4, 0.5) is 0 Å². The van der Waals surface area contributed by atoms with Crippen LogP contribution in [-0.4, -0.2) is 35.2 Å². The van der Waals surface area contributed by atoms with E-state index in [1.165, 1.54) is 0 Å². The van der Waals surface area contributed by atoms with Gasteiger partial charge in [0.25, 0.3) is 0 Å². The number of piperidine rings is 1. The number of nitrogens with zero attached hydrogens (tertiary/aromatic N) is 1. The van der Waals surface area contributed by atoms with E-state index < -0.39 is 0 Å². The quantitative estimate of drug-likeness (QED) is 0.383. The molecule has 0 radical (unpaired) electrons. The number of nitrogens with two attached hydrogens (primary N) is 1. The molecule has 0 amide bonds. The van der Waals surface area contributed by atoms with Crippen molar-refractivity contribution in [3.8, 4) is 0 Å². The molecule has 0 saturated carbocycles. The standard InChI is InChI=1S/C8H17N3O/c1-6(12)7-2-4-11(5-3-7)8(9)10/h6-7,12H,2-5H2,1H3,(H3,9,10)/t6-/m0/s1. The first-order valence-corrected chi connectivity index (χ1v) is 4.38. The van der Waals surface area contributed by atoms with E-state index in [0.717, 1.165) is 25.9 Å². The fraction of sp³-hybridized carbons (Fsp3) is 0.875. The highest BCUT2D eigenvalue weighted by Gasteiger charge is 2.22. The molecule has 1 heterocycles. The number of hydrogen-bond acceptors (Lipinski definition) is 2. The molecule has 1 saturated heterocycles. The minimum atomic E-state index is -0.223. The summed E-state index contributed by atoms with van der Waals surface area (Å²) in [6.07, 6.45) is 1.66. The van der Waals surface area contributed by atoms with Gasteiger partial charge in [0.2, 0.25) is 0 Å². The van der Waals surface area contributed by atoms with Crippen LogP contribution < -0.4 is 5.73 Å². The monoisotopic (exact) mass is 171 g/mol. The molecule has 4 heteroatoms. The van der Waals surface area contributed by atoms with Crippen molar-refractivity contribution in [1.29, 1.82) is 5.41 Å². The Morgan fingerprint density at radius 2 is 2.08 bits per heavy atom. The van der Waals surface area contributed by atoms with Crippen LogP contribution in [0.1, 0.15) is 19.8 Å². The highest BCUT2D eigenvalue weighted by atomic mass is 16.3. The largest absolute Gasteiger partial charge is 0.393 e. The lowest BCUT2D eigenvalue weighted by atomic mass is 9.92. The van der Waals surface area contributed by atoms with Crippen molar-refractivity contribution in [2.24, 2.45) is 11.7 Å². The molecule has 0 aromatic heterocycles. The number of likely N-dealkylation sites (tertiary alicyclic amines) is 1. The molecule has 0 aromatic carbocycles. The van der Waals surface area contributed by atoms with Gasteiger partial charge in [-0.2, -0.15) is 0 Å². The summed E-state index contributed by atoms with van der Waals surface area (Å²) >= 11 is 0. The van der Waals surface area contributed by atoms with Crippen molar-refractivity contribution in [1.82, 2.24) is 4.90 Å². The molecule has 0 unspecified atom stereocenters. The number of nitrogens with one attached hydrogen (secondary N) is 1. The third-order valence-electron chi connectivity index (χ3n) is 2.56. The van der Waals surface area contributed by atoms with Gasteiger partial charge in [-0.3, -0.25) is 5.41 Å². The number of hydrogen-bond donors (Lipinski definition) is 3. The van der Waals surface area contributed by atoms with Crippen molar-refractivity contribution < 1.29 is 5.11 Å². The summed E-state index contributed by atoms with van der Waals surface area (Å²) in [5.74, 6) is 0.541. The van der Waals surface area contributed by atoms with Crippen molar-refractivity contribution in [2.75, 3.05) is 13.1 Å². The Morgan fingerprint density at radius 1 is 1.58 bits per heavy atom. The van der Waals surface area contributed by atoms with Crippen LogP contribution in [0.15, 0.2) is 0 Å². The van der Waals surface area contributed by atoms with E-state index in [0.29, 0.717) is 5.92 Å². The van der Waals surface area contributed by atoms with Gasteiger partial charge in [-0.25, -0.2) is 0 Å². The van der Waals surface area contributed by atoms with E-state index in [4.69, 9.17) is 11.1 Å². The molecular formula is C8H17N3O. The van der Waals surface area contributed by atoms with Crippen LogP contribution in [0.5, 0.6) is 0 Å². The van der Waals surface area contributed by atoms with E-state index in [-0.39, 0.29) is 12.1 Å². The minimum absolute atomic E-state index is 0.152. The molecular weight excluding hydrogens is 154 g/mol. The normalized spacial score (nSPS) is 22.3. The predicted molar refractivity (Wildman–Crippen MR) is 47.9 cm³/mol. The average Bonchev–Trinajstić information content (AvgIpc) is 2.04. The Kier molecular flexibility index (Phi) is 2.92. The van der Waals surface area contributed by atoms with E-state index in [9.17, 15) is 5.11 Å². The second-order valence-electron chi connectivity index (χ2n) is 3.45. The summed E-state index contributed by atoms with van der Waals surface area (Å²) in [6.45, 7) is 3.45. The van der Waals surface area contributed by atoms with Gasteiger partial charge in [0.15, 0.2) is 5.96 Å². The van der Waals surface area contributed by atoms with Crippen LogP contribution in [0.2, 0.25) is 0 Å². The highest BCUT2D eigenvalue weighted by Crippen LogP contribution is 2.19. The molecule has 0 aliphatic carbocycles. The molecule has 0 bridgehead atoms. The fourth-order valence-corrected chi connectivity index (χ4v) is 1.62. The molecule has 12 heavy (non-hydrogen) atoms. The lowest BCUT2D eigenvalue weighted by Gasteiger charge is -2.33. The van der Waals surface area contributed by atoms with Gasteiger partial charge in [-0.05, 0) is 25.7 Å². The first kappa shape index (κ1) is 9.32. The predicted octanol–water partition coefficient (Wildman–Crippen LogP) is -0.0273. The Bertz CT molecular complexity index is 162. The first-order valence-electron chi connectivity index (χ1n) is 4.38. The van der Waals surface area contributed by atoms with Gasteiger partial charge in [0.05, 0.1) is 6.10 Å². The van der Waals surface area contributed by atoms with Gasteiger partial charge < -0.3 is 15.7 Å². The smallest absolute Gasteiger partial charge is 0.188 e. The summed E-state index contributed by atoms with van der Waals surface area (Å²) in [5.41, 5.74) is 5.34. The number of aliphatic hydroxyl groups is 1. The van der Waals surface area contributed by atoms with E-state index >= 15 is 0 Å². The third-order valence-corrected chi connectivity index (χ3v) is 2.56. The maximum Gasteiger partial charge on any atom is 0.188 e. The van der Waals surface area contributed by atoms with Crippen LogP contribution in [0.3, 0.4) is 0 Å². The molecule has 70 valence electrons. The lowest BCUT2D eigenvalue weighted by Crippen LogP contribution is -2.43. The zero-order chi connectivity index (χ0) is 9.14. The van der Waals surface area contributed by atoms with Crippen molar-refractivity contribution in [3.63, 3.8) is 0 Å². The highest BCUT2D eigenvalue weighted by molar-refractivity contribution is 5.74. The first-order chi connectivity index (χ1) is 5.61. The van der Waals surface area contributed by atoms with Gasteiger partial charge in [-0.15, -0.1) is 0 Å². The summed E-state index contributed by atoms with van der Waals surface area (Å²) in [7, 11) is 0. The fourth-order valence-electron chi connectivity index (χ4n) is 1.62. The zero-order valence-corrected chi connectivity index (χ0v) is 7.45. The van der Waals surface area contributed by atoms with Gasteiger partial charge in [-0.1, -0.05) is 0 Å². The molecule has 1 rings (SSSR count). The van der Waals surface area contributed by atoms with Crippen molar-refractivity contribution in [2.45, 2.75) is 25.9 Å². The number of rotatable bonds is 1. The van der Waals surface area contributed by atoms with Gasteiger partial charge in [0.1, 0.15) is 0 Å². The molecule has 1 aliphatic heterocycles. The molecule has 4 N–H and O–H groups in total. The van der Waals surface area contributed by atoms with Gasteiger partial charge in [0, 0.05) is 13.1 Å². The van der Waals surface area contributed by atoms with Crippen LogP contribution in [0, 0.1) is 11.3 Å². The SMILES string of the molecule is C[C@H](O)C1CCN(C(=N)N)CC1. The van der Waals surface area contributed by atoms with Crippen LogP contribution in [-0.2, 0) is 0 Å². The molecule has 1 aliphatic rings. The Labute approximate surface area is 72.9 Å². The minimum Gasteiger partial charge on any atom is -0.393 e. The second kappa shape index (κ2) is 3.76. The lowest BCUT2D eigenvalue weighted by molar-refractivity contribution is 0.0885. The van der Waals surface area contributed by atoms with E-state index in [2.05, 4.69) is 0 Å². The third kappa shape index (κ3) is 2.11. The van der Waals surface area contributed by atoms with E-state index in [1.807, 2.05) is 11.8 Å². The number of aliphatic hydroxyl groups excluding tert-OH is 1. The molecule has 1 fully saturated rings. The Balaban J connectivity index is 2.34. The summed E-state index contributed by atoms with van der Waals surface area (Å²) in [6, 6.07) is 0. The average molecular weight is 171 g/mol. The summed E-state index contributed by atoms with van der Waals surface area (Å²) < 4.78 is 0. The Hall–Kier alpha value is -0.770. The molecule has 1 atom stereocenters. The summed E-state index contributed by atoms with van der Waals surface area (Å²) in [4.78, 5) is 1.85. The maximum absolute atomic E-state index is 9.30. The summed E-state index contributed by atoms with van der Waals surface area (Å²) in [5, 5.41) is 16.5. The van der Waals surface area contributed by atoms with Gasteiger partial charge >= 0.3 is 0 Å². The topological polar surface area (TPSA) is 73.3 Å². The van der Waals surface area contributed by atoms with Crippen molar-refractivity contribution in [3.05, 3.63) is 0 Å². The van der Waals surface area contributed by atoms with Crippen LogP contribution in [0.25, 0.3) is 0 Å². The maximum atomic E-state index is 9.30. The molecule has 0 aromatic rings. The van der Waals surface area contributed by atoms with E-state index in [1.54, 1.807) is 0 Å². The Morgan fingerprint density at radius 3 is 2.42 bits per heavy atom. The van der Waals surface area contributed by atoms with Crippen molar-refractivity contribution >= 4 is 5.96 Å². The number of guanidine groups is 1. The molecule has 0 spiro atoms. The molecule has 4 nitrogen and oxygen atoms in total.